The van der Waals surface area contributed by atoms with Gasteiger partial charge in [-0.05, 0) is 25.7 Å². The third-order valence-electron chi connectivity index (χ3n) is 2.81. The molecule has 0 atom stereocenters. The van der Waals surface area contributed by atoms with Gasteiger partial charge >= 0.3 is 0 Å². The van der Waals surface area contributed by atoms with Crippen LogP contribution < -0.4 is 5.32 Å². The maximum absolute atomic E-state index is 5.30. The van der Waals surface area contributed by atoms with E-state index in [9.17, 15) is 0 Å². The van der Waals surface area contributed by atoms with Crippen molar-refractivity contribution < 1.29 is 9.57 Å². The van der Waals surface area contributed by atoms with E-state index in [0.29, 0.717) is 18.6 Å². The van der Waals surface area contributed by atoms with Crippen LogP contribution in [0.25, 0.3) is 0 Å². The molecule has 4 nitrogen and oxygen atoms in total. The molecule has 0 spiro atoms. The van der Waals surface area contributed by atoms with E-state index in [2.05, 4.69) is 36.2 Å². The van der Waals surface area contributed by atoms with Crippen molar-refractivity contribution >= 4 is 5.71 Å². The van der Waals surface area contributed by atoms with Gasteiger partial charge in [-0.3, -0.25) is 0 Å². The van der Waals surface area contributed by atoms with E-state index in [-0.39, 0.29) is 0 Å². The lowest BCUT2D eigenvalue weighted by molar-refractivity contribution is 0.0735. The van der Waals surface area contributed by atoms with E-state index >= 15 is 0 Å². The number of oxime groups is 1. The molecule has 0 aromatic carbocycles. The molecule has 4 heteroatoms. The van der Waals surface area contributed by atoms with Crippen LogP contribution in [0.2, 0.25) is 0 Å². The van der Waals surface area contributed by atoms with Gasteiger partial charge in [0.1, 0.15) is 12.3 Å². The molecule has 1 N–H and O–H groups in total. The normalized spacial score (nSPS) is 17.4. The molecule has 1 aliphatic rings. The molecule has 1 rings (SSSR count). The third kappa shape index (κ3) is 6.04. The Kier molecular flexibility index (Phi) is 7.47. The summed E-state index contributed by atoms with van der Waals surface area (Å²) in [6.45, 7) is 9.06. The van der Waals surface area contributed by atoms with Crippen molar-refractivity contribution in [3.05, 3.63) is 0 Å². The Labute approximate surface area is 110 Å². The summed E-state index contributed by atoms with van der Waals surface area (Å²) in [6.07, 6.45) is 2.17. The summed E-state index contributed by atoms with van der Waals surface area (Å²) in [7, 11) is 0. The Morgan fingerprint density at radius 1 is 1.44 bits per heavy atom. The van der Waals surface area contributed by atoms with Crippen molar-refractivity contribution in [2.75, 3.05) is 26.4 Å². The fourth-order valence-electron chi connectivity index (χ4n) is 1.73. The van der Waals surface area contributed by atoms with Crippen molar-refractivity contribution in [3.63, 3.8) is 0 Å². The Hall–Kier alpha value is -1.05. The van der Waals surface area contributed by atoms with Crippen LogP contribution >= 0.6 is 0 Å². The minimum absolute atomic E-state index is 0.306. The monoisotopic (exact) mass is 252 g/mol. The molecule has 0 saturated carbocycles. The van der Waals surface area contributed by atoms with Gasteiger partial charge in [0.05, 0.1) is 0 Å². The predicted molar refractivity (Wildman–Crippen MR) is 73.5 cm³/mol. The molecular weight excluding hydrogens is 228 g/mol. The molecule has 1 saturated heterocycles. The molecule has 1 aliphatic heterocycles. The summed E-state index contributed by atoms with van der Waals surface area (Å²) in [6, 6.07) is 0.561. The Morgan fingerprint density at radius 3 is 2.78 bits per heavy atom. The molecule has 102 valence electrons. The van der Waals surface area contributed by atoms with Crippen LogP contribution in [0.15, 0.2) is 5.16 Å². The summed E-state index contributed by atoms with van der Waals surface area (Å²) in [4.78, 5) is 5.29. The highest BCUT2D eigenvalue weighted by atomic mass is 16.6. The molecule has 1 heterocycles. The van der Waals surface area contributed by atoms with E-state index in [1.807, 2.05) is 6.92 Å². The first-order valence-electron chi connectivity index (χ1n) is 6.67. The fourth-order valence-corrected chi connectivity index (χ4v) is 1.73. The lowest BCUT2D eigenvalue weighted by Crippen LogP contribution is -2.36. The van der Waals surface area contributed by atoms with E-state index in [0.717, 1.165) is 38.3 Å². The first-order chi connectivity index (χ1) is 8.74. The molecule has 0 amide bonds. The average molecular weight is 252 g/mol. The molecule has 0 bridgehead atoms. The van der Waals surface area contributed by atoms with Gasteiger partial charge in [-0.25, -0.2) is 0 Å². The highest BCUT2D eigenvalue weighted by Gasteiger charge is 2.12. The van der Waals surface area contributed by atoms with Crippen LogP contribution in [0.1, 0.15) is 33.6 Å². The number of ether oxygens (including phenoxy) is 1. The molecule has 0 aromatic heterocycles. The Balaban J connectivity index is 2.15. The number of hydrogen-bond donors (Lipinski definition) is 1. The van der Waals surface area contributed by atoms with Gasteiger partial charge < -0.3 is 14.9 Å². The smallest absolute Gasteiger partial charge is 0.132 e. The lowest BCUT2D eigenvalue weighted by Gasteiger charge is -2.22. The highest BCUT2D eigenvalue weighted by molar-refractivity contribution is 6.01. The van der Waals surface area contributed by atoms with Crippen LogP contribution in [0, 0.1) is 17.8 Å². The average Bonchev–Trinajstić information content (AvgIpc) is 2.38. The molecule has 1 fully saturated rings. The van der Waals surface area contributed by atoms with Gasteiger partial charge in [0.15, 0.2) is 0 Å². The minimum Gasteiger partial charge on any atom is -0.394 e. The van der Waals surface area contributed by atoms with Gasteiger partial charge in [0, 0.05) is 31.7 Å². The summed E-state index contributed by atoms with van der Waals surface area (Å²) in [5.74, 6) is 6.12. The van der Waals surface area contributed by atoms with Gasteiger partial charge in [-0.15, -0.1) is 0 Å². The van der Waals surface area contributed by atoms with Crippen molar-refractivity contribution in [3.8, 4) is 11.8 Å². The van der Waals surface area contributed by atoms with Crippen LogP contribution in [0.5, 0.6) is 0 Å². The van der Waals surface area contributed by atoms with Crippen LogP contribution in [-0.4, -0.2) is 38.1 Å². The second-order valence-electron chi connectivity index (χ2n) is 4.68. The quantitative estimate of drug-likeness (QED) is 0.339. The van der Waals surface area contributed by atoms with E-state index in [1.54, 1.807) is 0 Å². The molecule has 0 aromatic rings. The zero-order valence-electron chi connectivity index (χ0n) is 11.7. The summed E-state index contributed by atoms with van der Waals surface area (Å²) in [5.41, 5.74) is 0.809. The number of hydrogen-bond acceptors (Lipinski definition) is 4. The SMILES string of the molecule is CC#C/C(=N\OCCNC1CCOCC1)C(C)C. The molecule has 0 aliphatic carbocycles. The zero-order valence-corrected chi connectivity index (χ0v) is 11.7. The van der Waals surface area contributed by atoms with Crippen LogP contribution in [0.3, 0.4) is 0 Å². The number of nitrogens with zero attached hydrogens (tertiary/aromatic N) is 1. The van der Waals surface area contributed by atoms with E-state index < -0.39 is 0 Å². The Morgan fingerprint density at radius 2 is 2.17 bits per heavy atom. The zero-order chi connectivity index (χ0) is 13.2. The second kappa shape index (κ2) is 8.96. The minimum atomic E-state index is 0.306. The van der Waals surface area contributed by atoms with Crippen molar-refractivity contribution in [2.45, 2.75) is 39.7 Å². The van der Waals surface area contributed by atoms with Crippen molar-refractivity contribution in [1.29, 1.82) is 0 Å². The summed E-state index contributed by atoms with van der Waals surface area (Å²) >= 11 is 0. The van der Waals surface area contributed by atoms with Gasteiger partial charge in [0.25, 0.3) is 0 Å². The maximum Gasteiger partial charge on any atom is 0.132 e. The predicted octanol–water partition coefficient (Wildman–Crippen LogP) is 1.81. The number of nitrogens with one attached hydrogen (secondary N) is 1. The molecule has 0 radical (unpaired) electrons. The largest absolute Gasteiger partial charge is 0.394 e. The molecular formula is C14H24N2O2. The van der Waals surface area contributed by atoms with Gasteiger partial charge in [-0.1, -0.05) is 24.9 Å². The second-order valence-corrected chi connectivity index (χ2v) is 4.68. The highest BCUT2D eigenvalue weighted by Crippen LogP contribution is 2.05. The molecule has 0 unspecified atom stereocenters. The van der Waals surface area contributed by atoms with Crippen molar-refractivity contribution in [1.82, 2.24) is 5.32 Å². The maximum atomic E-state index is 5.30. The van der Waals surface area contributed by atoms with Crippen LogP contribution in [0.4, 0.5) is 0 Å². The molecule has 18 heavy (non-hydrogen) atoms. The van der Waals surface area contributed by atoms with Crippen molar-refractivity contribution in [2.24, 2.45) is 11.1 Å². The standard InChI is InChI=1S/C14H24N2O2/c1-4-5-14(12(2)3)16-18-11-8-15-13-6-9-17-10-7-13/h12-13,15H,6-11H2,1-3H3/b16-14+. The van der Waals surface area contributed by atoms with E-state index in [1.165, 1.54) is 0 Å². The first kappa shape index (κ1) is 15.0. The number of rotatable bonds is 6. The summed E-state index contributed by atoms with van der Waals surface area (Å²) in [5, 5.41) is 7.52. The fraction of sp³-hybridized carbons (Fsp3) is 0.786. The Bertz CT molecular complexity index is 309. The topological polar surface area (TPSA) is 42.8 Å². The van der Waals surface area contributed by atoms with Gasteiger partial charge in [0.2, 0.25) is 0 Å². The first-order valence-corrected chi connectivity index (χ1v) is 6.67. The summed E-state index contributed by atoms with van der Waals surface area (Å²) < 4.78 is 5.30. The van der Waals surface area contributed by atoms with E-state index in [4.69, 9.17) is 9.57 Å². The van der Waals surface area contributed by atoms with Crippen LogP contribution in [-0.2, 0) is 9.57 Å². The third-order valence-corrected chi connectivity index (χ3v) is 2.81. The lowest BCUT2D eigenvalue weighted by atomic mass is 10.1. The van der Waals surface area contributed by atoms with Gasteiger partial charge in [-0.2, -0.15) is 0 Å².